The van der Waals surface area contributed by atoms with Gasteiger partial charge in [-0.1, -0.05) is 22.9 Å². The van der Waals surface area contributed by atoms with Gasteiger partial charge in [0, 0.05) is 4.47 Å². The molecule has 0 amide bonds. The van der Waals surface area contributed by atoms with E-state index in [2.05, 4.69) is 35.8 Å². The van der Waals surface area contributed by atoms with Crippen molar-refractivity contribution in [3.05, 3.63) is 28.2 Å². The smallest absolute Gasteiger partial charge is 0.120 e. The van der Waals surface area contributed by atoms with Crippen LogP contribution in [0.25, 0.3) is 0 Å². The lowest BCUT2D eigenvalue weighted by Gasteiger charge is -2.05. The molecule has 0 unspecified atom stereocenters. The van der Waals surface area contributed by atoms with Gasteiger partial charge >= 0.3 is 0 Å². The van der Waals surface area contributed by atoms with E-state index in [0.29, 0.717) is 0 Å². The predicted molar refractivity (Wildman–Crippen MR) is 54.7 cm³/mol. The van der Waals surface area contributed by atoms with E-state index in [1.54, 1.807) is 0 Å². The second kappa shape index (κ2) is 4.51. The van der Waals surface area contributed by atoms with Crippen molar-refractivity contribution in [1.29, 1.82) is 0 Å². The lowest BCUT2D eigenvalue weighted by Crippen LogP contribution is -1.94. The van der Waals surface area contributed by atoms with Crippen LogP contribution in [0.2, 0.25) is 0 Å². The third-order valence-electron chi connectivity index (χ3n) is 1.49. The summed E-state index contributed by atoms with van der Waals surface area (Å²) < 4.78 is 6.56. The van der Waals surface area contributed by atoms with Crippen molar-refractivity contribution in [2.75, 3.05) is 6.61 Å². The van der Waals surface area contributed by atoms with Gasteiger partial charge in [-0.25, -0.2) is 0 Å². The van der Waals surface area contributed by atoms with E-state index >= 15 is 0 Å². The minimum atomic E-state index is 0.788. The molecule has 1 nitrogen and oxygen atoms in total. The number of hydrogen-bond donors (Lipinski definition) is 0. The molecule has 0 fully saturated rings. The summed E-state index contributed by atoms with van der Waals surface area (Å²) in [5.41, 5.74) is 1.22. The highest BCUT2D eigenvalue weighted by Gasteiger charge is 1.95. The minimum Gasteiger partial charge on any atom is -0.494 e. The molecule has 0 spiro atoms. The molecule has 1 aromatic rings. The van der Waals surface area contributed by atoms with Crippen molar-refractivity contribution >= 4 is 15.9 Å². The van der Waals surface area contributed by atoms with Gasteiger partial charge in [0.25, 0.3) is 0 Å². The monoisotopic (exact) mass is 228 g/mol. The quantitative estimate of drug-likeness (QED) is 0.770. The van der Waals surface area contributed by atoms with Gasteiger partial charge in [0.05, 0.1) is 6.61 Å². The fourth-order valence-electron chi connectivity index (χ4n) is 1.01. The van der Waals surface area contributed by atoms with Gasteiger partial charge < -0.3 is 4.74 Å². The van der Waals surface area contributed by atoms with Gasteiger partial charge in [0.1, 0.15) is 5.75 Å². The van der Waals surface area contributed by atoms with Crippen LogP contribution in [0.15, 0.2) is 22.7 Å². The molecular formula is C10H13BrO. The highest BCUT2D eigenvalue weighted by atomic mass is 79.9. The standard InChI is InChI=1S/C10H13BrO/c1-3-4-12-10-6-8(2)5-9(11)7-10/h5-7H,3-4H2,1-2H3. The first-order valence-corrected chi connectivity index (χ1v) is 4.91. The average molecular weight is 229 g/mol. The maximum atomic E-state index is 5.49. The molecule has 0 heterocycles. The summed E-state index contributed by atoms with van der Waals surface area (Å²) in [6.07, 6.45) is 1.05. The summed E-state index contributed by atoms with van der Waals surface area (Å²) in [4.78, 5) is 0. The SMILES string of the molecule is CCCOc1cc(C)cc(Br)c1. The predicted octanol–water partition coefficient (Wildman–Crippen LogP) is 3.55. The number of ether oxygens (including phenoxy) is 1. The van der Waals surface area contributed by atoms with Crippen molar-refractivity contribution in [3.8, 4) is 5.75 Å². The van der Waals surface area contributed by atoms with Crippen LogP contribution in [0.5, 0.6) is 5.75 Å². The van der Waals surface area contributed by atoms with Gasteiger partial charge in [-0.05, 0) is 37.1 Å². The molecule has 1 rings (SSSR count). The van der Waals surface area contributed by atoms with Crippen LogP contribution in [0.4, 0.5) is 0 Å². The van der Waals surface area contributed by atoms with Crippen LogP contribution < -0.4 is 4.74 Å². The molecule has 0 N–H and O–H groups in total. The maximum absolute atomic E-state index is 5.49. The Labute approximate surface area is 81.9 Å². The highest BCUT2D eigenvalue weighted by Crippen LogP contribution is 2.20. The van der Waals surface area contributed by atoms with Crippen molar-refractivity contribution in [1.82, 2.24) is 0 Å². The first-order valence-electron chi connectivity index (χ1n) is 4.12. The fourth-order valence-corrected chi connectivity index (χ4v) is 1.59. The maximum Gasteiger partial charge on any atom is 0.120 e. The van der Waals surface area contributed by atoms with E-state index in [1.165, 1.54) is 5.56 Å². The number of rotatable bonds is 3. The second-order valence-corrected chi connectivity index (χ2v) is 3.73. The fraction of sp³-hybridized carbons (Fsp3) is 0.400. The zero-order valence-electron chi connectivity index (χ0n) is 7.43. The largest absolute Gasteiger partial charge is 0.494 e. The summed E-state index contributed by atoms with van der Waals surface area (Å²) in [5.74, 6) is 0.948. The summed E-state index contributed by atoms with van der Waals surface area (Å²) in [5, 5.41) is 0. The molecule has 0 saturated carbocycles. The molecule has 1 aromatic carbocycles. The van der Waals surface area contributed by atoms with Crippen LogP contribution >= 0.6 is 15.9 Å². The van der Waals surface area contributed by atoms with E-state index in [-0.39, 0.29) is 0 Å². The van der Waals surface area contributed by atoms with Crippen LogP contribution in [0.3, 0.4) is 0 Å². The Balaban J connectivity index is 2.72. The van der Waals surface area contributed by atoms with Crippen LogP contribution in [-0.2, 0) is 0 Å². The molecule has 0 saturated heterocycles. The van der Waals surface area contributed by atoms with Crippen molar-refractivity contribution in [2.24, 2.45) is 0 Å². The third kappa shape index (κ3) is 2.86. The molecule has 12 heavy (non-hydrogen) atoms. The van der Waals surface area contributed by atoms with Gasteiger partial charge in [-0.3, -0.25) is 0 Å². The van der Waals surface area contributed by atoms with Gasteiger partial charge in [0.2, 0.25) is 0 Å². The Bertz CT molecular complexity index is 238. The van der Waals surface area contributed by atoms with Crippen LogP contribution in [0.1, 0.15) is 18.9 Å². The molecular weight excluding hydrogens is 216 g/mol. The zero-order valence-corrected chi connectivity index (χ0v) is 9.02. The van der Waals surface area contributed by atoms with E-state index < -0.39 is 0 Å². The molecule has 66 valence electrons. The van der Waals surface area contributed by atoms with E-state index in [4.69, 9.17) is 4.74 Å². The van der Waals surface area contributed by atoms with Crippen molar-refractivity contribution < 1.29 is 4.74 Å². The van der Waals surface area contributed by atoms with Crippen LogP contribution in [0, 0.1) is 6.92 Å². The Hall–Kier alpha value is -0.500. The summed E-state index contributed by atoms with van der Waals surface area (Å²) >= 11 is 3.42. The number of hydrogen-bond acceptors (Lipinski definition) is 1. The number of aryl methyl sites for hydroxylation is 1. The first kappa shape index (κ1) is 9.59. The van der Waals surface area contributed by atoms with E-state index in [1.807, 2.05) is 12.1 Å². The molecule has 0 aliphatic carbocycles. The molecule has 0 bridgehead atoms. The average Bonchev–Trinajstić information content (AvgIpc) is 1.99. The van der Waals surface area contributed by atoms with Gasteiger partial charge in [0.15, 0.2) is 0 Å². The normalized spacial score (nSPS) is 9.92. The molecule has 2 heteroatoms. The molecule has 0 radical (unpaired) electrons. The van der Waals surface area contributed by atoms with Crippen molar-refractivity contribution in [3.63, 3.8) is 0 Å². The number of benzene rings is 1. The molecule has 0 atom stereocenters. The van der Waals surface area contributed by atoms with Gasteiger partial charge in [-0.15, -0.1) is 0 Å². The van der Waals surface area contributed by atoms with E-state index in [0.717, 1.165) is 23.2 Å². The number of halogens is 1. The highest BCUT2D eigenvalue weighted by molar-refractivity contribution is 9.10. The minimum absolute atomic E-state index is 0.788. The van der Waals surface area contributed by atoms with E-state index in [9.17, 15) is 0 Å². The molecule has 0 aliphatic heterocycles. The second-order valence-electron chi connectivity index (χ2n) is 2.81. The lowest BCUT2D eigenvalue weighted by atomic mass is 10.2. The van der Waals surface area contributed by atoms with Crippen LogP contribution in [-0.4, -0.2) is 6.61 Å². The zero-order chi connectivity index (χ0) is 8.97. The lowest BCUT2D eigenvalue weighted by molar-refractivity contribution is 0.317. The molecule has 0 aliphatic rings. The third-order valence-corrected chi connectivity index (χ3v) is 1.95. The topological polar surface area (TPSA) is 9.23 Å². The summed E-state index contributed by atoms with van der Waals surface area (Å²) in [7, 11) is 0. The molecule has 0 aromatic heterocycles. The van der Waals surface area contributed by atoms with Crippen molar-refractivity contribution in [2.45, 2.75) is 20.3 Å². The Morgan fingerprint density at radius 3 is 2.67 bits per heavy atom. The Morgan fingerprint density at radius 2 is 2.08 bits per heavy atom. The summed E-state index contributed by atoms with van der Waals surface area (Å²) in [6.45, 7) is 4.95. The van der Waals surface area contributed by atoms with Gasteiger partial charge in [-0.2, -0.15) is 0 Å². The Kier molecular flexibility index (Phi) is 3.60. The summed E-state index contributed by atoms with van der Waals surface area (Å²) in [6, 6.07) is 6.10. The first-order chi connectivity index (χ1) is 5.72. The Morgan fingerprint density at radius 1 is 1.33 bits per heavy atom.